The summed E-state index contributed by atoms with van der Waals surface area (Å²) in [6.07, 6.45) is 13.0. The largest absolute Gasteiger partial charge is 0.395 e. The Labute approximate surface area is 206 Å². The average Bonchev–Trinajstić information content (AvgIpc) is 3.25. The lowest BCUT2D eigenvalue weighted by Gasteiger charge is -2.49. The van der Waals surface area contributed by atoms with Crippen LogP contribution in [0.2, 0.25) is 0 Å². The fourth-order valence-electron chi connectivity index (χ4n) is 9.97. The van der Waals surface area contributed by atoms with Gasteiger partial charge in [0, 0.05) is 25.0 Å². The highest BCUT2D eigenvalue weighted by Crippen LogP contribution is 2.63. The second-order valence-electron chi connectivity index (χ2n) is 13.4. The molecule has 0 aromatic heterocycles. The molecule has 2 saturated carbocycles. The van der Waals surface area contributed by atoms with Gasteiger partial charge >= 0.3 is 0 Å². The molecule has 2 heterocycles. The Kier molecular flexibility index (Phi) is 5.88. The summed E-state index contributed by atoms with van der Waals surface area (Å²) in [7, 11) is 0. The van der Waals surface area contributed by atoms with Gasteiger partial charge in [-0.05, 0) is 93.8 Å². The standard InChI is InChI=1S/C30H47NO3/c1-18-13-27-28(31(17-18)11-12-32)20(3)30(34-27)10-8-23-24-6-5-21-14-22(33)7-9-29(21,4)26(24)15-25(23)19(2)16-30/h5,18,20,22-24,26-28,32-33H,6-17H2,1-4H3/t18-,20+,22-,23-,24-,26-,27+,28-,29-,30-/m0/s1. The van der Waals surface area contributed by atoms with E-state index in [1.165, 1.54) is 32.1 Å². The number of hydrogen-bond donors (Lipinski definition) is 2. The summed E-state index contributed by atoms with van der Waals surface area (Å²) in [6.45, 7) is 11.9. The first-order valence-electron chi connectivity index (χ1n) is 14.3. The molecule has 4 fully saturated rings. The summed E-state index contributed by atoms with van der Waals surface area (Å²) in [6, 6.07) is 0.458. The van der Waals surface area contributed by atoms with E-state index in [-0.39, 0.29) is 18.3 Å². The van der Waals surface area contributed by atoms with E-state index in [9.17, 15) is 10.2 Å². The first kappa shape index (κ1) is 23.7. The molecule has 0 amide bonds. The van der Waals surface area contributed by atoms with Gasteiger partial charge in [-0.2, -0.15) is 0 Å². The summed E-state index contributed by atoms with van der Waals surface area (Å²) in [5.41, 5.74) is 5.24. The first-order valence-corrected chi connectivity index (χ1v) is 14.3. The number of aliphatic hydroxyl groups excluding tert-OH is 2. The zero-order valence-corrected chi connectivity index (χ0v) is 21.9. The van der Waals surface area contributed by atoms with E-state index in [4.69, 9.17) is 4.74 Å². The molecule has 0 aromatic rings. The molecule has 4 aliphatic carbocycles. The number of fused-ring (bicyclic) bond motifs is 6. The minimum Gasteiger partial charge on any atom is -0.395 e. The van der Waals surface area contributed by atoms with Crippen LogP contribution in [0.1, 0.15) is 85.5 Å². The molecular weight excluding hydrogens is 422 g/mol. The SMILES string of the molecule is CC1=C2C[C@H]3[C@@H](CC=C4C[C@@H](O)CC[C@@]43C)[C@@H]2CC[C@@]2(C1)O[C@@H]1C[C@H](C)CN(CCO)[C@H]1[C@H]2C. The van der Waals surface area contributed by atoms with Gasteiger partial charge < -0.3 is 14.9 Å². The van der Waals surface area contributed by atoms with Gasteiger partial charge in [0.25, 0.3) is 0 Å². The van der Waals surface area contributed by atoms with Crippen LogP contribution >= 0.6 is 0 Å². The normalized spacial score (nSPS) is 50.9. The van der Waals surface area contributed by atoms with E-state index in [1.807, 2.05) is 0 Å². The fraction of sp³-hybridized carbons (Fsp3) is 0.867. The van der Waals surface area contributed by atoms with Crippen molar-refractivity contribution in [3.8, 4) is 0 Å². The molecular formula is C30H47NO3. The fourth-order valence-corrected chi connectivity index (χ4v) is 9.97. The van der Waals surface area contributed by atoms with Gasteiger partial charge in [0.2, 0.25) is 0 Å². The Morgan fingerprint density at radius 3 is 2.79 bits per heavy atom. The molecule has 0 radical (unpaired) electrons. The molecule has 10 atom stereocenters. The Bertz CT molecular complexity index is 880. The second-order valence-corrected chi connectivity index (χ2v) is 13.4. The number of piperidine rings is 1. The quantitative estimate of drug-likeness (QED) is 0.553. The average molecular weight is 470 g/mol. The Hall–Kier alpha value is -0.680. The molecule has 6 aliphatic rings. The molecule has 2 saturated heterocycles. The molecule has 2 aliphatic heterocycles. The Morgan fingerprint density at radius 2 is 2.00 bits per heavy atom. The maximum Gasteiger partial charge on any atom is 0.0765 e. The smallest absolute Gasteiger partial charge is 0.0765 e. The number of aliphatic hydroxyl groups is 2. The van der Waals surface area contributed by atoms with Crippen LogP contribution in [0.4, 0.5) is 0 Å². The number of nitrogens with zero attached hydrogens (tertiary/aromatic N) is 1. The van der Waals surface area contributed by atoms with Crippen molar-refractivity contribution >= 4 is 0 Å². The van der Waals surface area contributed by atoms with Gasteiger partial charge in [-0.1, -0.05) is 43.6 Å². The summed E-state index contributed by atoms with van der Waals surface area (Å²) in [5, 5.41) is 20.0. The van der Waals surface area contributed by atoms with Crippen molar-refractivity contribution in [2.45, 2.75) is 109 Å². The van der Waals surface area contributed by atoms with E-state index in [0.29, 0.717) is 29.4 Å². The maximum absolute atomic E-state index is 10.3. The number of β-amino-alcohol motifs (C(OH)–C–C–N with tert-alkyl or cyclic N) is 1. The third-order valence-corrected chi connectivity index (χ3v) is 11.7. The molecule has 0 unspecified atom stereocenters. The number of hydrogen-bond acceptors (Lipinski definition) is 4. The van der Waals surface area contributed by atoms with Crippen molar-refractivity contribution < 1.29 is 14.9 Å². The monoisotopic (exact) mass is 469 g/mol. The van der Waals surface area contributed by atoms with E-state index < -0.39 is 0 Å². The lowest BCUT2D eigenvalue weighted by atomic mass is 9.56. The second kappa shape index (κ2) is 8.43. The lowest BCUT2D eigenvalue weighted by molar-refractivity contribution is -0.0798. The van der Waals surface area contributed by atoms with Crippen molar-refractivity contribution in [3.05, 3.63) is 22.8 Å². The van der Waals surface area contributed by atoms with E-state index in [2.05, 4.69) is 38.7 Å². The zero-order chi connectivity index (χ0) is 23.8. The minimum atomic E-state index is -0.124. The third-order valence-electron chi connectivity index (χ3n) is 11.7. The highest BCUT2D eigenvalue weighted by Gasteiger charge is 2.59. The van der Waals surface area contributed by atoms with Crippen LogP contribution < -0.4 is 0 Å². The van der Waals surface area contributed by atoms with E-state index in [1.54, 1.807) is 16.7 Å². The van der Waals surface area contributed by atoms with Gasteiger partial charge in [0.1, 0.15) is 0 Å². The number of likely N-dealkylation sites (tertiary alicyclic amines) is 1. The number of ether oxygens (including phenoxy) is 1. The summed E-state index contributed by atoms with van der Waals surface area (Å²) in [5.74, 6) is 3.40. The van der Waals surface area contributed by atoms with Crippen LogP contribution in [0.25, 0.3) is 0 Å². The lowest BCUT2D eigenvalue weighted by Crippen LogP contribution is -2.52. The molecule has 4 nitrogen and oxygen atoms in total. The van der Waals surface area contributed by atoms with Crippen molar-refractivity contribution in [3.63, 3.8) is 0 Å². The summed E-state index contributed by atoms with van der Waals surface area (Å²) >= 11 is 0. The third kappa shape index (κ3) is 3.45. The molecule has 6 rings (SSSR count). The summed E-state index contributed by atoms with van der Waals surface area (Å²) in [4.78, 5) is 2.55. The van der Waals surface area contributed by atoms with Gasteiger partial charge in [-0.15, -0.1) is 0 Å². The van der Waals surface area contributed by atoms with Crippen molar-refractivity contribution in [2.75, 3.05) is 19.7 Å². The maximum atomic E-state index is 10.3. The van der Waals surface area contributed by atoms with Crippen molar-refractivity contribution in [1.29, 1.82) is 0 Å². The minimum absolute atomic E-state index is 0.0292. The molecule has 190 valence electrons. The summed E-state index contributed by atoms with van der Waals surface area (Å²) < 4.78 is 7.13. The van der Waals surface area contributed by atoms with Crippen LogP contribution in [0.5, 0.6) is 0 Å². The molecule has 34 heavy (non-hydrogen) atoms. The first-order chi connectivity index (χ1) is 16.3. The van der Waals surface area contributed by atoms with E-state index in [0.717, 1.165) is 56.5 Å². The topological polar surface area (TPSA) is 52.9 Å². The van der Waals surface area contributed by atoms with Crippen molar-refractivity contribution in [1.82, 2.24) is 4.90 Å². The van der Waals surface area contributed by atoms with Gasteiger partial charge in [-0.3, -0.25) is 4.90 Å². The molecule has 0 aromatic carbocycles. The molecule has 0 bridgehead atoms. The van der Waals surface area contributed by atoms with Crippen LogP contribution in [-0.4, -0.2) is 58.7 Å². The van der Waals surface area contributed by atoms with Crippen LogP contribution in [0, 0.1) is 35.0 Å². The van der Waals surface area contributed by atoms with Crippen LogP contribution in [-0.2, 0) is 4.74 Å². The van der Waals surface area contributed by atoms with Gasteiger partial charge in [0.15, 0.2) is 0 Å². The van der Waals surface area contributed by atoms with Gasteiger partial charge in [-0.25, -0.2) is 0 Å². The number of allylic oxidation sites excluding steroid dienone is 2. The van der Waals surface area contributed by atoms with Crippen molar-refractivity contribution in [2.24, 2.45) is 35.0 Å². The molecule has 4 heteroatoms. The Balaban J connectivity index is 1.27. The highest BCUT2D eigenvalue weighted by atomic mass is 16.5. The van der Waals surface area contributed by atoms with E-state index >= 15 is 0 Å². The van der Waals surface area contributed by atoms with Crippen LogP contribution in [0.3, 0.4) is 0 Å². The zero-order valence-electron chi connectivity index (χ0n) is 21.9. The number of rotatable bonds is 2. The predicted molar refractivity (Wildman–Crippen MR) is 135 cm³/mol. The highest BCUT2D eigenvalue weighted by molar-refractivity contribution is 5.34. The van der Waals surface area contributed by atoms with Gasteiger partial charge in [0.05, 0.1) is 24.4 Å². The predicted octanol–water partition coefficient (Wildman–Crippen LogP) is 5.10. The molecule has 2 N–H and O–H groups in total. The van der Waals surface area contributed by atoms with Crippen LogP contribution in [0.15, 0.2) is 22.8 Å². The Morgan fingerprint density at radius 1 is 1.18 bits per heavy atom. The molecule has 1 spiro atoms.